The third-order valence-electron chi connectivity index (χ3n) is 4.57. The van der Waals surface area contributed by atoms with Crippen LogP contribution in [-0.2, 0) is 19.3 Å². The lowest BCUT2D eigenvalue weighted by molar-refractivity contribution is 0.252. The van der Waals surface area contributed by atoms with E-state index in [0.29, 0.717) is 19.6 Å². The number of hydrogen-bond donors (Lipinski definition) is 3. The highest BCUT2D eigenvalue weighted by atomic mass is 16.5. The molecule has 0 atom stereocenters. The summed E-state index contributed by atoms with van der Waals surface area (Å²) in [6.45, 7) is 2.25. The number of amides is 2. The summed E-state index contributed by atoms with van der Waals surface area (Å²) in [4.78, 5) is 16.7. The van der Waals surface area contributed by atoms with Gasteiger partial charge >= 0.3 is 6.03 Å². The normalized spacial score (nSPS) is 14.7. The first-order valence-electron chi connectivity index (χ1n) is 8.81. The van der Waals surface area contributed by atoms with Gasteiger partial charge in [-0.25, -0.2) is 9.78 Å². The Bertz CT molecular complexity index is 791. The van der Waals surface area contributed by atoms with Crippen molar-refractivity contribution in [1.29, 1.82) is 0 Å². The maximum absolute atomic E-state index is 12.0. The molecule has 0 bridgehead atoms. The van der Waals surface area contributed by atoms with Crippen molar-refractivity contribution in [3.63, 3.8) is 0 Å². The Balaban J connectivity index is 1.27. The number of hydrogen-bond acceptors (Lipinski definition) is 4. The molecule has 0 fully saturated rings. The van der Waals surface area contributed by atoms with Crippen LogP contribution >= 0.6 is 0 Å². The molecule has 0 saturated heterocycles. The van der Waals surface area contributed by atoms with Crippen molar-refractivity contribution in [2.75, 3.05) is 30.3 Å². The van der Waals surface area contributed by atoms with Crippen molar-refractivity contribution in [1.82, 2.24) is 10.3 Å². The van der Waals surface area contributed by atoms with Gasteiger partial charge in [-0.05, 0) is 48.2 Å². The lowest BCUT2D eigenvalue weighted by Crippen LogP contribution is -2.30. The topological polar surface area (TPSA) is 75.3 Å². The molecule has 2 aliphatic rings. The first-order valence-corrected chi connectivity index (χ1v) is 8.81. The van der Waals surface area contributed by atoms with Gasteiger partial charge in [0.05, 0.1) is 6.61 Å². The van der Waals surface area contributed by atoms with E-state index >= 15 is 0 Å². The highest BCUT2D eigenvalue weighted by molar-refractivity contribution is 5.89. The van der Waals surface area contributed by atoms with E-state index in [-0.39, 0.29) is 6.03 Å². The quantitative estimate of drug-likeness (QED) is 0.801. The van der Waals surface area contributed by atoms with Gasteiger partial charge in [0, 0.05) is 37.3 Å². The summed E-state index contributed by atoms with van der Waals surface area (Å²) in [6, 6.07) is 9.72. The van der Waals surface area contributed by atoms with Crippen LogP contribution < -0.4 is 20.7 Å². The first kappa shape index (κ1) is 15.7. The van der Waals surface area contributed by atoms with Crippen molar-refractivity contribution in [3.8, 4) is 5.75 Å². The summed E-state index contributed by atoms with van der Waals surface area (Å²) in [5.74, 6) is 1.91. The van der Waals surface area contributed by atoms with Crippen molar-refractivity contribution in [3.05, 3.63) is 47.2 Å². The van der Waals surface area contributed by atoms with Gasteiger partial charge in [-0.2, -0.15) is 0 Å². The average Bonchev–Trinajstić information content (AvgIpc) is 3.09. The zero-order chi connectivity index (χ0) is 17.1. The summed E-state index contributed by atoms with van der Waals surface area (Å²) in [6.07, 6.45) is 3.84. The maximum Gasteiger partial charge on any atom is 0.319 e. The molecule has 0 spiro atoms. The van der Waals surface area contributed by atoms with Crippen LogP contribution in [0, 0.1) is 0 Å². The van der Waals surface area contributed by atoms with E-state index < -0.39 is 0 Å². The summed E-state index contributed by atoms with van der Waals surface area (Å²) in [5, 5.41) is 9.09. The Morgan fingerprint density at radius 2 is 2.16 bits per heavy atom. The third-order valence-corrected chi connectivity index (χ3v) is 4.57. The van der Waals surface area contributed by atoms with Crippen molar-refractivity contribution >= 4 is 17.5 Å². The number of carbonyl (C=O) groups is 1. The second kappa shape index (κ2) is 7.01. The SMILES string of the molecule is O=C(NCCc1ccc2c(n1)NCCC2)Nc1ccc2c(c1)CCO2. The van der Waals surface area contributed by atoms with Crippen LogP contribution in [0.5, 0.6) is 5.75 Å². The average molecular weight is 338 g/mol. The molecule has 3 N–H and O–H groups in total. The van der Waals surface area contributed by atoms with Crippen LogP contribution in [0.2, 0.25) is 0 Å². The number of pyridine rings is 1. The van der Waals surface area contributed by atoms with Gasteiger partial charge in [0.15, 0.2) is 0 Å². The predicted molar refractivity (Wildman–Crippen MR) is 97.4 cm³/mol. The molecule has 2 aliphatic heterocycles. The molecule has 2 aromatic rings. The van der Waals surface area contributed by atoms with Crippen molar-refractivity contribution in [2.24, 2.45) is 0 Å². The lowest BCUT2D eigenvalue weighted by atomic mass is 10.1. The molecule has 1 aromatic carbocycles. The van der Waals surface area contributed by atoms with Gasteiger partial charge in [0.1, 0.15) is 11.6 Å². The molecular formula is C19H22N4O2. The number of nitrogens with one attached hydrogen (secondary N) is 3. The first-order chi connectivity index (χ1) is 12.3. The fourth-order valence-corrected chi connectivity index (χ4v) is 3.25. The van der Waals surface area contributed by atoms with Crippen LogP contribution in [0.1, 0.15) is 23.2 Å². The number of anilines is 2. The van der Waals surface area contributed by atoms with Crippen molar-refractivity contribution in [2.45, 2.75) is 25.7 Å². The number of aryl methyl sites for hydroxylation is 1. The number of urea groups is 1. The molecule has 0 aliphatic carbocycles. The predicted octanol–water partition coefficient (Wildman–Crippen LogP) is 2.74. The fourth-order valence-electron chi connectivity index (χ4n) is 3.25. The molecule has 6 heteroatoms. The number of carbonyl (C=O) groups excluding carboxylic acids is 1. The fraction of sp³-hybridized carbons (Fsp3) is 0.368. The Kier molecular flexibility index (Phi) is 4.41. The molecule has 1 aromatic heterocycles. The minimum atomic E-state index is -0.199. The molecule has 3 heterocycles. The van der Waals surface area contributed by atoms with Gasteiger partial charge in [0.2, 0.25) is 0 Å². The van der Waals surface area contributed by atoms with E-state index in [1.54, 1.807) is 0 Å². The Hall–Kier alpha value is -2.76. The second-order valence-electron chi connectivity index (χ2n) is 6.39. The number of benzene rings is 1. The maximum atomic E-state index is 12.0. The van der Waals surface area contributed by atoms with Crippen LogP contribution in [0.4, 0.5) is 16.3 Å². The van der Waals surface area contributed by atoms with E-state index in [9.17, 15) is 4.79 Å². The van der Waals surface area contributed by atoms with Gasteiger partial charge in [-0.1, -0.05) is 6.07 Å². The summed E-state index contributed by atoms with van der Waals surface area (Å²) < 4.78 is 5.47. The van der Waals surface area contributed by atoms with E-state index in [1.807, 2.05) is 24.3 Å². The highest BCUT2D eigenvalue weighted by Crippen LogP contribution is 2.27. The van der Waals surface area contributed by atoms with E-state index in [4.69, 9.17) is 4.74 Å². The molecule has 130 valence electrons. The third kappa shape index (κ3) is 3.68. The lowest BCUT2D eigenvalue weighted by Gasteiger charge is -2.17. The van der Waals surface area contributed by atoms with Gasteiger partial charge in [-0.3, -0.25) is 0 Å². The second-order valence-corrected chi connectivity index (χ2v) is 6.39. The van der Waals surface area contributed by atoms with Gasteiger partial charge in [-0.15, -0.1) is 0 Å². The molecule has 0 radical (unpaired) electrons. The molecule has 6 nitrogen and oxygen atoms in total. The van der Waals surface area contributed by atoms with Crippen LogP contribution in [-0.4, -0.2) is 30.7 Å². The molecule has 0 unspecified atom stereocenters. The van der Waals surface area contributed by atoms with Gasteiger partial charge in [0.25, 0.3) is 0 Å². The Morgan fingerprint density at radius 3 is 3.12 bits per heavy atom. The zero-order valence-electron chi connectivity index (χ0n) is 14.1. The number of fused-ring (bicyclic) bond motifs is 2. The Labute approximate surface area is 147 Å². The van der Waals surface area contributed by atoms with E-state index in [1.165, 1.54) is 5.56 Å². The minimum Gasteiger partial charge on any atom is -0.493 e. The molecule has 2 amide bonds. The number of rotatable bonds is 4. The van der Waals surface area contributed by atoms with Gasteiger partial charge < -0.3 is 20.7 Å². The molecule has 0 saturated carbocycles. The standard InChI is InChI=1S/C19H22N4O2/c24-19(23-16-5-6-17-14(12-16)8-11-25-17)21-10-7-15-4-3-13-2-1-9-20-18(13)22-15/h3-6,12H,1-2,7-11H2,(H,20,22)(H2,21,23,24). The summed E-state index contributed by atoms with van der Waals surface area (Å²) >= 11 is 0. The van der Waals surface area contributed by atoms with Crippen LogP contribution in [0.3, 0.4) is 0 Å². The molecule has 25 heavy (non-hydrogen) atoms. The summed E-state index contributed by atoms with van der Waals surface area (Å²) in [7, 11) is 0. The van der Waals surface area contributed by atoms with Crippen molar-refractivity contribution < 1.29 is 9.53 Å². The monoisotopic (exact) mass is 338 g/mol. The molecule has 4 rings (SSSR count). The zero-order valence-corrected chi connectivity index (χ0v) is 14.1. The number of nitrogens with zero attached hydrogens (tertiary/aromatic N) is 1. The number of aromatic nitrogens is 1. The molecular weight excluding hydrogens is 316 g/mol. The summed E-state index contributed by atoms with van der Waals surface area (Å²) in [5.41, 5.74) is 4.20. The smallest absolute Gasteiger partial charge is 0.319 e. The Morgan fingerprint density at radius 1 is 1.20 bits per heavy atom. The van der Waals surface area contributed by atoms with E-state index in [0.717, 1.165) is 54.3 Å². The van der Waals surface area contributed by atoms with E-state index in [2.05, 4.69) is 27.0 Å². The largest absolute Gasteiger partial charge is 0.493 e. The van der Waals surface area contributed by atoms with Crippen LogP contribution in [0.15, 0.2) is 30.3 Å². The number of ether oxygens (including phenoxy) is 1. The highest BCUT2D eigenvalue weighted by Gasteiger charge is 2.13. The van der Waals surface area contributed by atoms with Crippen LogP contribution in [0.25, 0.3) is 0 Å². The minimum absolute atomic E-state index is 0.199.